The maximum atomic E-state index is 12.7. The van der Waals surface area contributed by atoms with Crippen LogP contribution >= 0.6 is 0 Å². The molecule has 0 spiro atoms. The molecular weight excluding hydrogens is 480 g/mol. The Kier molecular flexibility index (Phi) is 9.56. The fourth-order valence-corrected chi connectivity index (χ4v) is 4.61. The first kappa shape index (κ1) is 27.0. The average Bonchev–Trinajstić information content (AvgIpc) is 2.96. The van der Waals surface area contributed by atoms with Crippen LogP contribution in [0.4, 0.5) is 0 Å². The summed E-state index contributed by atoms with van der Waals surface area (Å²) < 4.78 is 5.22. The monoisotopic (exact) mass is 514 g/mol. The predicted molar refractivity (Wildman–Crippen MR) is 144 cm³/mol. The first-order valence-corrected chi connectivity index (χ1v) is 13.1. The number of carbonyl (C=O) groups is 3. The molecule has 3 aromatic rings. The second kappa shape index (κ2) is 13.5. The van der Waals surface area contributed by atoms with Crippen molar-refractivity contribution in [2.75, 3.05) is 7.11 Å². The van der Waals surface area contributed by atoms with Gasteiger partial charge in [0.1, 0.15) is 23.5 Å². The van der Waals surface area contributed by atoms with Crippen molar-refractivity contribution in [1.29, 1.82) is 0 Å². The number of nitrogens with zero attached hydrogens (tertiary/aromatic N) is 2. The molecule has 0 unspecified atom stereocenters. The summed E-state index contributed by atoms with van der Waals surface area (Å²) in [6, 6.07) is 16.9. The summed E-state index contributed by atoms with van der Waals surface area (Å²) >= 11 is 0. The summed E-state index contributed by atoms with van der Waals surface area (Å²) in [5.41, 5.74) is 3.17. The number of aromatic nitrogens is 2. The molecule has 198 valence electrons. The van der Waals surface area contributed by atoms with Crippen LogP contribution in [-0.4, -0.2) is 40.7 Å². The SMILES string of the molecule is COc1cccc(CCC(=O)c2cc(C(=O)NCc3ccc(CC(=O)NC4CCCCC4)cc3)ncn2)c1. The maximum absolute atomic E-state index is 12.7. The van der Waals surface area contributed by atoms with Crippen LogP contribution in [0.15, 0.2) is 60.9 Å². The average molecular weight is 515 g/mol. The number of amides is 2. The van der Waals surface area contributed by atoms with Crippen molar-refractivity contribution in [2.45, 2.75) is 64.0 Å². The molecule has 2 N–H and O–H groups in total. The lowest BCUT2D eigenvalue weighted by atomic mass is 9.95. The lowest BCUT2D eigenvalue weighted by molar-refractivity contribution is -0.121. The lowest BCUT2D eigenvalue weighted by Gasteiger charge is -2.22. The highest BCUT2D eigenvalue weighted by atomic mass is 16.5. The van der Waals surface area contributed by atoms with E-state index in [1.807, 2.05) is 48.5 Å². The molecule has 1 saturated carbocycles. The number of hydrogen-bond acceptors (Lipinski definition) is 6. The molecule has 1 heterocycles. The molecule has 1 aliphatic carbocycles. The first-order valence-electron chi connectivity index (χ1n) is 13.1. The van der Waals surface area contributed by atoms with Gasteiger partial charge in [0.05, 0.1) is 13.5 Å². The Hall–Kier alpha value is -4.07. The van der Waals surface area contributed by atoms with Crippen molar-refractivity contribution in [3.63, 3.8) is 0 Å². The number of carbonyl (C=O) groups excluding carboxylic acids is 3. The molecule has 0 aliphatic heterocycles. The zero-order valence-electron chi connectivity index (χ0n) is 21.7. The van der Waals surface area contributed by atoms with Crippen molar-refractivity contribution in [3.05, 3.63) is 89.0 Å². The third-order valence-corrected chi connectivity index (χ3v) is 6.77. The molecule has 38 heavy (non-hydrogen) atoms. The van der Waals surface area contributed by atoms with Gasteiger partial charge in [-0.3, -0.25) is 14.4 Å². The molecule has 2 aromatic carbocycles. The van der Waals surface area contributed by atoms with Gasteiger partial charge in [0.25, 0.3) is 5.91 Å². The Morgan fingerprint density at radius 3 is 2.39 bits per heavy atom. The second-order valence-corrected chi connectivity index (χ2v) is 9.64. The topological polar surface area (TPSA) is 110 Å². The van der Waals surface area contributed by atoms with E-state index in [1.54, 1.807) is 7.11 Å². The fourth-order valence-electron chi connectivity index (χ4n) is 4.61. The van der Waals surface area contributed by atoms with Crippen LogP contribution in [0.5, 0.6) is 5.75 Å². The molecule has 1 fully saturated rings. The maximum Gasteiger partial charge on any atom is 0.270 e. The first-order chi connectivity index (χ1) is 18.5. The summed E-state index contributed by atoms with van der Waals surface area (Å²) in [6.45, 7) is 0.302. The van der Waals surface area contributed by atoms with E-state index in [4.69, 9.17) is 4.74 Å². The molecule has 0 saturated heterocycles. The Balaban J connectivity index is 1.25. The van der Waals surface area contributed by atoms with Crippen molar-refractivity contribution < 1.29 is 19.1 Å². The van der Waals surface area contributed by atoms with E-state index in [0.29, 0.717) is 25.4 Å². The highest BCUT2D eigenvalue weighted by Gasteiger charge is 2.16. The van der Waals surface area contributed by atoms with Crippen molar-refractivity contribution >= 4 is 17.6 Å². The van der Waals surface area contributed by atoms with E-state index < -0.39 is 0 Å². The van der Waals surface area contributed by atoms with Gasteiger partial charge in [0, 0.05) is 19.0 Å². The molecular formula is C30H34N4O4. The van der Waals surface area contributed by atoms with E-state index in [0.717, 1.165) is 35.3 Å². The number of rotatable bonds is 11. The molecule has 0 atom stereocenters. The number of Topliss-reactive ketones (excluding diaryl/α,β-unsaturated/α-hetero) is 1. The zero-order valence-corrected chi connectivity index (χ0v) is 21.7. The van der Waals surface area contributed by atoms with Gasteiger partial charge in [-0.05, 0) is 54.2 Å². The van der Waals surface area contributed by atoms with Gasteiger partial charge in [-0.25, -0.2) is 9.97 Å². The van der Waals surface area contributed by atoms with Crippen LogP contribution in [0.25, 0.3) is 0 Å². The summed E-state index contributed by atoms with van der Waals surface area (Å²) in [5.74, 6) is 0.249. The van der Waals surface area contributed by atoms with E-state index in [1.165, 1.54) is 31.7 Å². The summed E-state index contributed by atoms with van der Waals surface area (Å²) in [4.78, 5) is 45.8. The number of nitrogens with one attached hydrogen (secondary N) is 2. The number of hydrogen-bond donors (Lipinski definition) is 2. The quantitative estimate of drug-likeness (QED) is 0.371. The van der Waals surface area contributed by atoms with Crippen molar-refractivity contribution in [2.24, 2.45) is 0 Å². The Labute approximate surface area is 223 Å². The third kappa shape index (κ3) is 7.96. The fraction of sp³-hybridized carbons (Fsp3) is 0.367. The number of aryl methyl sites for hydroxylation is 1. The molecule has 0 bridgehead atoms. The van der Waals surface area contributed by atoms with Crippen LogP contribution in [-0.2, 0) is 24.2 Å². The van der Waals surface area contributed by atoms with Crippen LogP contribution in [0.3, 0.4) is 0 Å². The normalized spacial score (nSPS) is 13.5. The minimum Gasteiger partial charge on any atom is -0.497 e. The number of ketones is 1. The minimum atomic E-state index is -0.384. The van der Waals surface area contributed by atoms with Crippen molar-refractivity contribution in [3.8, 4) is 5.75 Å². The van der Waals surface area contributed by atoms with Crippen LogP contribution in [0, 0.1) is 0 Å². The van der Waals surface area contributed by atoms with Crippen LogP contribution < -0.4 is 15.4 Å². The van der Waals surface area contributed by atoms with Crippen LogP contribution in [0.2, 0.25) is 0 Å². The molecule has 8 heteroatoms. The largest absolute Gasteiger partial charge is 0.497 e. The predicted octanol–water partition coefficient (Wildman–Crippen LogP) is 4.22. The van der Waals surface area contributed by atoms with E-state index in [-0.39, 0.29) is 35.4 Å². The Bertz CT molecular complexity index is 1250. The highest BCUT2D eigenvalue weighted by Crippen LogP contribution is 2.18. The standard InChI is InChI=1S/C30H34N4O4/c1-38-25-9-5-6-21(16-25)14-15-28(35)26-18-27(33-20-32-26)30(37)31-19-23-12-10-22(11-13-23)17-29(36)34-24-7-3-2-4-8-24/h5-6,9-13,16,18,20,24H,2-4,7-8,14-15,17,19H2,1H3,(H,31,37)(H,34,36). The van der Waals surface area contributed by atoms with E-state index in [9.17, 15) is 14.4 Å². The molecule has 1 aliphatic rings. The smallest absolute Gasteiger partial charge is 0.270 e. The summed E-state index contributed by atoms with van der Waals surface area (Å²) in [7, 11) is 1.60. The third-order valence-electron chi connectivity index (χ3n) is 6.77. The molecule has 0 radical (unpaired) electrons. The van der Waals surface area contributed by atoms with Gasteiger partial charge in [-0.15, -0.1) is 0 Å². The zero-order chi connectivity index (χ0) is 26.7. The highest BCUT2D eigenvalue weighted by molar-refractivity contribution is 5.98. The van der Waals surface area contributed by atoms with Gasteiger partial charge in [-0.1, -0.05) is 55.7 Å². The minimum absolute atomic E-state index is 0.0514. The summed E-state index contributed by atoms with van der Waals surface area (Å²) in [6.07, 6.45) is 8.14. The number of benzene rings is 2. The summed E-state index contributed by atoms with van der Waals surface area (Å²) in [5, 5.41) is 5.97. The molecule has 1 aromatic heterocycles. The van der Waals surface area contributed by atoms with Gasteiger partial charge in [-0.2, -0.15) is 0 Å². The van der Waals surface area contributed by atoms with Crippen molar-refractivity contribution in [1.82, 2.24) is 20.6 Å². The lowest BCUT2D eigenvalue weighted by Crippen LogP contribution is -2.37. The molecule has 4 rings (SSSR count). The number of methoxy groups -OCH3 is 1. The van der Waals surface area contributed by atoms with E-state index >= 15 is 0 Å². The molecule has 8 nitrogen and oxygen atoms in total. The van der Waals surface area contributed by atoms with Gasteiger partial charge < -0.3 is 15.4 Å². The van der Waals surface area contributed by atoms with Gasteiger partial charge in [0.15, 0.2) is 5.78 Å². The second-order valence-electron chi connectivity index (χ2n) is 9.64. The Morgan fingerprint density at radius 2 is 1.63 bits per heavy atom. The van der Waals surface area contributed by atoms with Gasteiger partial charge >= 0.3 is 0 Å². The number of ether oxygens (including phenoxy) is 1. The van der Waals surface area contributed by atoms with Crippen LogP contribution in [0.1, 0.15) is 76.2 Å². The van der Waals surface area contributed by atoms with E-state index in [2.05, 4.69) is 20.6 Å². The van der Waals surface area contributed by atoms with Gasteiger partial charge in [0.2, 0.25) is 5.91 Å². The molecule has 2 amide bonds. The Morgan fingerprint density at radius 1 is 0.895 bits per heavy atom.